The van der Waals surface area contributed by atoms with Crippen LogP contribution in [0.1, 0.15) is 22.8 Å². The predicted octanol–water partition coefficient (Wildman–Crippen LogP) is 1.08. The monoisotopic (exact) mass is 222 g/mol. The van der Waals surface area contributed by atoms with Gasteiger partial charge in [-0.3, -0.25) is 4.79 Å². The second kappa shape index (κ2) is 5.51. The van der Waals surface area contributed by atoms with Gasteiger partial charge in [0.15, 0.2) is 0 Å². The highest BCUT2D eigenvalue weighted by Gasteiger charge is 2.10. The van der Waals surface area contributed by atoms with Crippen molar-refractivity contribution in [2.24, 2.45) is 5.73 Å². The minimum absolute atomic E-state index is 0.0280. The van der Waals surface area contributed by atoms with E-state index >= 15 is 0 Å². The van der Waals surface area contributed by atoms with E-state index in [1.807, 2.05) is 19.9 Å². The maximum Gasteiger partial charge on any atom is 0.251 e. The lowest BCUT2D eigenvalue weighted by molar-refractivity contribution is 0.0941. The van der Waals surface area contributed by atoms with Crippen molar-refractivity contribution in [1.29, 1.82) is 0 Å². The summed E-state index contributed by atoms with van der Waals surface area (Å²) in [5.74, 6) is 0.587. The zero-order chi connectivity index (χ0) is 12.1. The number of carbonyl (C=O) groups is 1. The van der Waals surface area contributed by atoms with Gasteiger partial charge in [-0.1, -0.05) is 6.07 Å². The lowest BCUT2D eigenvalue weighted by Crippen LogP contribution is -2.37. The predicted molar refractivity (Wildman–Crippen MR) is 63.7 cm³/mol. The third-order valence-electron chi connectivity index (χ3n) is 2.40. The molecule has 88 valence electrons. The fourth-order valence-electron chi connectivity index (χ4n) is 1.33. The third-order valence-corrected chi connectivity index (χ3v) is 2.40. The standard InChI is InChI=1S/C12H18N2O2/c1-8-4-5-10(6-11(8)16-3)12(15)14-9(2)7-13/h4-6,9H,7,13H2,1-3H3,(H,14,15)/t9-/m1/s1. The first kappa shape index (κ1) is 12.5. The van der Waals surface area contributed by atoms with Gasteiger partial charge in [-0.2, -0.15) is 0 Å². The van der Waals surface area contributed by atoms with Crippen LogP contribution in [0.25, 0.3) is 0 Å². The van der Waals surface area contributed by atoms with Gasteiger partial charge in [-0.15, -0.1) is 0 Å². The first-order valence-electron chi connectivity index (χ1n) is 5.24. The van der Waals surface area contributed by atoms with Crippen molar-refractivity contribution in [2.75, 3.05) is 13.7 Å². The summed E-state index contributed by atoms with van der Waals surface area (Å²) >= 11 is 0. The van der Waals surface area contributed by atoms with Crippen molar-refractivity contribution in [2.45, 2.75) is 19.9 Å². The largest absolute Gasteiger partial charge is 0.496 e. The van der Waals surface area contributed by atoms with Gasteiger partial charge in [-0.05, 0) is 31.5 Å². The Hall–Kier alpha value is -1.55. The SMILES string of the molecule is COc1cc(C(=O)N[C@H](C)CN)ccc1C. The minimum atomic E-state index is -0.128. The van der Waals surface area contributed by atoms with E-state index in [-0.39, 0.29) is 11.9 Å². The summed E-state index contributed by atoms with van der Waals surface area (Å²) in [5.41, 5.74) is 7.03. The molecule has 0 heterocycles. The second-order valence-electron chi connectivity index (χ2n) is 3.79. The summed E-state index contributed by atoms with van der Waals surface area (Å²) in [6.45, 7) is 4.22. The lowest BCUT2D eigenvalue weighted by Gasteiger charge is -2.12. The average molecular weight is 222 g/mol. The Kier molecular flexibility index (Phi) is 4.31. The molecule has 0 saturated carbocycles. The summed E-state index contributed by atoms with van der Waals surface area (Å²) in [4.78, 5) is 11.8. The minimum Gasteiger partial charge on any atom is -0.496 e. The molecule has 3 N–H and O–H groups in total. The third kappa shape index (κ3) is 2.97. The zero-order valence-corrected chi connectivity index (χ0v) is 9.91. The number of nitrogens with one attached hydrogen (secondary N) is 1. The van der Waals surface area contributed by atoms with Crippen LogP contribution >= 0.6 is 0 Å². The van der Waals surface area contributed by atoms with Crippen molar-refractivity contribution in [3.63, 3.8) is 0 Å². The Morgan fingerprint density at radius 2 is 2.25 bits per heavy atom. The molecule has 0 radical (unpaired) electrons. The van der Waals surface area contributed by atoms with Crippen LogP contribution in [0.15, 0.2) is 18.2 Å². The smallest absolute Gasteiger partial charge is 0.251 e. The summed E-state index contributed by atoms with van der Waals surface area (Å²) in [5, 5.41) is 2.80. The highest BCUT2D eigenvalue weighted by molar-refractivity contribution is 5.94. The van der Waals surface area contributed by atoms with Gasteiger partial charge >= 0.3 is 0 Å². The van der Waals surface area contributed by atoms with Crippen molar-refractivity contribution < 1.29 is 9.53 Å². The molecule has 0 fully saturated rings. The van der Waals surface area contributed by atoms with Crippen molar-refractivity contribution >= 4 is 5.91 Å². The normalized spacial score (nSPS) is 12.0. The van der Waals surface area contributed by atoms with E-state index in [0.717, 1.165) is 5.56 Å². The molecule has 16 heavy (non-hydrogen) atoms. The Morgan fingerprint density at radius 1 is 1.56 bits per heavy atom. The molecule has 0 aliphatic carbocycles. The number of amides is 1. The van der Waals surface area contributed by atoms with Crippen LogP contribution < -0.4 is 15.8 Å². The van der Waals surface area contributed by atoms with Crippen molar-refractivity contribution in [1.82, 2.24) is 5.32 Å². The van der Waals surface area contributed by atoms with Gasteiger partial charge in [-0.25, -0.2) is 0 Å². The molecule has 0 spiro atoms. The Labute approximate surface area is 95.8 Å². The van der Waals surface area contributed by atoms with Crippen LogP contribution in [0.2, 0.25) is 0 Å². The maximum absolute atomic E-state index is 11.8. The average Bonchev–Trinajstić information content (AvgIpc) is 2.29. The molecule has 4 nitrogen and oxygen atoms in total. The molecule has 0 bridgehead atoms. The first-order valence-corrected chi connectivity index (χ1v) is 5.24. The first-order chi connectivity index (χ1) is 7.58. The number of hydrogen-bond donors (Lipinski definition) is 2. The number of ether oxygens (including phenoxy) is 1. The van der Waals surface area contributed by atoms with Crippen LogP contribution in [0, 0.1) is 6.92 Å². The molecule has 1 amide bonds. The maximum atomic E-state index is 11.8. The molecule has 1 atom stereocenters. The number of carbonyl (C=O) groups excluding carboxylic acids is 1. The van der Waals surface area contributed by atoms with Gasteiger partial charge < -0.3 is 15.8 Å². The molecular formula is C12H18N2O2. The number of aryl methyl sites for hydroxylation is 1. The number of rotatable bonds is 4. The topological polar surface area (TPSA) is 64.3 Å². The van der Waals surface area contributed by atoms with Crippen molar-refractivity contribution in [3.05, 3.63) is 29.3 Å². The van der Waals surface area contributed by atoms with E-state index in [2.05, 4.69) is 5.32 Å². The lowest BCUT2D eigenvalue weighted by atomic mass is 10.1. The van der Waals surface area contributed by atoms with Gasteiger partial charge in [0.05, 0.1) is 7.11 Å². The van der Waals surface area contributed by atoms with Gasteiger partial charge in [0.25, 0.3) is 5.91 Å². The summed E-state index contributed by atoms with van der Waals surface area (Å²) in [6.07, 6.45) is 0. The summed E-state index contributed by atoms with van der Waals surface area (Å²) in [6, 6.07) is 5.34. The van der Waals surface area contributed by atoms with Gasteiger partial charge in [0.1, 0.15) is 5.75 Å². The molecular weight excluding hydrogens is 204 g/mol. The van der Waals surface area contributed by atoms with Gasteiger partial charge in [0.2, 0.25) is 0 Å². The number of methoxy groups -OCH3 is 1. The summed E-state index contributed by atoms with van der Waals surface area (Å²) in [7, 11) is 1.59. The highest BCUT2D eigenvalue weighted by atomic mass is 16.5. The van der Waals surface area contributed by atoms with Crippen LogP contribution in [-0.4, -0.2) is 25.6 Å². The van der Waals surface area contributed by atoms with E-state index in [1.54, 1.807) is 19.2 Å². The second-order valence-corrected chi connectivity index (χ2v) is 3.79. The van der Waals surface area contributed by atoms with E-state index in [0.29, 0.717) is 17.9 Å². The van der Waals surface area contributed by atoms with Gasteiger partial charge in [0, 0.05) is 18.2 Å². The molecule has 0 aromatic heterocycles. The molecule has 0 aliphatic rings. The molecule has 0 saturated heterocycles. The van der Waals surface area contributed by atoms with Crippen LogP contribution in [-0.2, 0) is 0 Å². The quantitative estimate of drug-likeness (QED) is 0.801. The van der Waals surface area contributed by atoms with Crippen LogP contribution in [0.5, 0.6) is 5.75 Å². The molecule has 0 unspecified atom stereocenters. The molecule has 1 aromatic rings. The number of hydrogen-bond acceptors (Lipinski definition) is 3. The number of benzene rings is 1. The molecule has 0 aliphatic heterocycles. The Bertz CT molecular complexity index is 377. The van der Waals surface area contributed by atoms with E-state index < -0.39 is 0 Å². The summed E-state index contributed by atoms with van der Waals surface area (Å²) < 4.78 is 5.16. The van der Waals surface area contributed by atoms with Crippen LogP contribution in [0.3, 0.4) is 0 Å². The Balaban J connectivity index is 2.84. The fraction of sp³-hybridized carbons (Fsp3) is 0.417. The number of nitrogens with two attached hydrogens (primary N) is 1. The van der Waals surface area contributed by atoms with E-state index in [9.17, 15) is 4.79 Å². The highest BCUT2D eigenvalue weighted by Crippen LogP contribution is 2.18. The molecule has 1 rings (SSSR count). The van der Waals surface area contributed by atoms with E-state index in [1.165, 1.54) is 0 Å². The van der Waals surface area contributed by atoms with Crippen molar-refractivity contribution in [3.8, 4) is 5.75 Å². The molecule has 1 aromatic carbocycles. The van der Waals surface area contributed by atoms with Crippen LogP contribution in [0.4, 0.5) is 0 Å². The zero-order valence-electron chi connectivity index (χ0n) is 9.91. The molecule has 4 heteroatoms. The van der Waals surface area contributed by atoms with E-state index in [4.69, 9.17) is 10.5 Å². The Morgan fingerprint density at radius 3 is 2.81 bits per heavy atom. The fourth-order valence-corrected chi connectivity index (χ4v) is 1.33.